The minimum Gasteiger partial charge on any atom is -0.478 e. The van der Waals surface area contributed by atoms with E-state index in [2.05, 4.69) is 35.4 Å². The van der Waals surface area contributed by atoms with Crippen molar-refractivity contribution in [1.82, 2.24) is 4.98 Å². The average molecular weight is 423 g/mol. The molecule has 2 atom stereocenters. The van der Waals surface area contributed by atoms with Crippen molar-refractivity contribution in [2.24, 2.45) is 0 Å². The molecule has 4 nitrogen and oxygen atoms in total. The number of benzene rings is 2. The normalized spacial score (nSPS) is 16.5. The zero-order valence-corrected chi connectivity index (χ0v) is 17.5. The third-order valence-corrected chi connectivity index (χ3v) is 6.52. The maximum absolute atomic E-state index is 13.5. The first-order valence-corrected chi connectivity index (χ1v) is 10.8. The fourth-order valence-electron chi connectivity index (χ4n) is 4.12. The van der Waals surface area contributed by atoms with Gasteiger partial charge in [-0.1, -0.05) is 23.9 Å². The van der Waals surface area contributed by atoms with Gasteiger partial charge in [0.25, 0.3) is 0 Å². The van der Waals surface area contributed by atoms with Crippen LogP contribution in [0.25, 0.3) is 0 Å². The predicted octanol–water partition coefficient (Wildman–Crippen LogP) is 5.99. The maximum Gasteiger partial charge on any atom is 0.337 e. The average Bonchev–Trinajstić information content (AvgIpc) is 2.73. The van der Waals surface area contributed by atoms with Gasteiger partial charge in [0.1, 0.15) is 5.82 Å². The summed E-state index contributed by atoms with van der Waals surface area (Å²) in [5, 5.41) is 12.8. The molecule has 30 heavy (non-hydrogen) atoms. The van der Waals surface area contributed by atoms with Crippen molar-refractivity contribution in [3.8, 4) is 0 Å². The van der Waals surface area contributed by atoms with Gasteiger partial charge < -0.3 is 10.4 Å². The van der Waals surface area contributed by atoms with E-state index in [1.807, 2.05) is 6.07 Å². The van der Waals surface area contributed by atoms with E-state index in [9.17, 15) is 14.3 Å². The number of hydrogen-bond donors (Lipinski definition) is 2. The number of carboxylic acids is 1. The van der Waals surface area contributed by atoms with Crippen LogP contribution in [-0.2, 0) is 6.42 Å². The predicted molar refractivity (Wildman–Crippen MR) is 117 cm³/mol. The molecule has 154 valence electrons. The number of aromatic carboxylic acids is 1. The van der Waals surface area contributed by atoms with Gasteiger partial charge in [-0.3, -0.25) is 4.98 Å². The lowest BCUT2D eigenvalue weighted by atomic mass is 9.79. The molecule has 1 heterocycles. The summed E-state index contributed by atoms with van der Waals surface area (Å²) in [7, 11) is 0. The SMILES string of the molecule is CC(Nc1cnccc1C(=O)O)C1CCCc2cc(Sc3cccc(F)c3)ccc21. The monoisotopic (exact) mass is 422 g/mol. The molecule has 1 aliphatic carbocycles. The third-order valence-electron chi connectivity index (χ3n) is 5.55. The minimum atomic E-state index is -0.963. The van der Waals surface area contributed by atoms with Gasteiger partial charge in [-0.2, -0.15) is 0 Å². The van der Waals surface area contributed by atoms with Crippen LogP contribution in [0.4, 0.5) is 10.1 Å². The first-order valence-electron chi connectivity index (χ1n) is 10.0. The molecule has 6 heteroatoms. The third kappa shape index (κ3) is 4.49. The number of pyridine rings is 1. The molecular weight excluding hydrogens is 399 g/mol. The van der Waals surface area contributed by atoms with Gasteiger partial charge in [-0.05, 0) is 73.7 Å². The number of rotatable bonds is 6. The summed E-state index contributed by atoms with van der Waals surface area (Å²) >= 11 is 1.56. The molecule has 0 fully saturated rings. The largest absolute Gasteiger partial charge is 0.478 e. The van der Waals surface area contributed by atoms with E-state index >= 15 is 0 Å². The quantitative estimate of drug-likeness (QED) is 0.511. The molecule has 1 aromatic heterocycles. The molecule has 3 aromatic rings. The number of hydrogen-bond acceptors (Lipinski definition) is 4. The van der Waals surface area contributed by atoms with Crippen LogP contribution in [0, 0.1) is 5.82 Å². The summed E-state index contributed by atoms with van der Waals surface area (Å²) in [4.78, 5) is 17.5. The molecule has 0 spiro atoms. The van der Waals surface area contributed by atoms with Crippen molar-refractivity contribution in [3.05, 3.63) is 83.4 Å². The molecule has 2 aromatic carbocycles. The molecule has 1 aliphatic rings. The van der Waals surface area contributed by atoms with E-state index in [-0.39, 0.29) is 23.3 Å². The van der Waals surface area contributed by atoms with Crippen LogP contribution in [0.2, 0.25) is 0 Å². The molecule has 0 radical (unpaired) electrons. The van der Waals surface area contributed by atoms with Gasteiger partial charge in [0, 0.05) is 27.9 Å². The molecule has 4 rings (SSSR count). The number of nitrogens with one attached hydrogen (secondary N) is 1. The Morgan fingerprint density at radius 2 is 2.07 bits per heavy atom. The van der Waals surface area contributed by atoms with Gasteiger partial charge in [0.15, 0.2) is 0 Å². The Bertz CT molecular complexity index is 1070. The molecule has 0 amide bonds. The Morgan fingerprint density at radius 1 is 1.23 bits per heavy atom. The Hall–Kier alpha value is -2.86. The first kappa shape index (κ1) is 20.4. The topological polar surface area (TPSA) is 62.2 Å². The van der Waals surface area contributed by atoms with Crippen LogP contribution in [0.5, 0.6) is 0 Å². The lowest BCUT2D eigenvalue weighted by molar-refractivity contribution is 0.0697. The van der Waals surface area contributed by atoms with E-state index in [4.69, 9.17) is 0 Å². The van der Waals surface area contributed by atoms with Gasteiger partial charge >= 0.3 is 5.97 Å². The molecule has 2 N–H and O–H groups in total. The molecule has 0 saturated heterocycles. The van der Waals surface area contributed by atoms with Crippen LogP contribution < -0.4 is 5.32 Å². The lowest BCUT2D eigenvalue weighted by Crippen LogP contribution is -2.28. The summed E-state index contributed by atoms with van der Waals surface area (Å²) in [5.41, 5.74) is 3.38. The van der Waals surface area contributed by atoms with Crippen LogP contribution in [0.3, 0.4) is 0 Å². The molecule has 0 aliphatic heterocycles. The number of halogens is 1. The highest BCUT2D eigenvalue weighted by Gasteiger charge is 2.26. The van der Waals surface area contributed by atoms with Gasteiger partial charge in [0.2, 0.25) is 0 Å². The standard InChI is InChI=1S/C24H23FN2O2S/c1-15(27-23-14-26-11-10-22(23)24(28)29)20-7-2-4-16-12-19(8-9-21(16)20)30-18-6-3-5-17(25)13-18/h3,5-6,8-15,20,27H,2,4,7H2,1H3,(H,28,29). The summed E-state index contributed by atoms with van der Waals surface area (Å²) in [5.74, 6) is -0.909. The summed E-state index contributed by atoms with van der Waals surface area (Å²) in [6.45, 7) is 2.09. The summed E-state index contributed by atoms with van der Waals surface area (Å²) in [6.07, 6.45) is 6.20. The van der Waals surface area contributed by atoms with Gasteiger partial charge in [-0.15, -0.1) is 0 Å². The second-order valence-electron chi connectivity index (χ2n) is 7.58. The smallest absolute Gasteiger partial charge is 0.337 e. The van der Waals surface area contributed by atoms with Crippen molar-refractivity contribution in [2.45, 2.75) is 47.9 Å². The fraction of sp³-hybridized carbons (Fsp3) is 0.250. The van der Waals surface area contributed by atoms with Crippen molar-refractivity contribution >= 4 is 23.4 Å². The number of carbonyl (C=O) groups is 1. The number of aryl methyl sites for hydroxylation is 1. The van der Waals surface area contributed by atoms with E-state index in [1.54, 1.807) is 30.1 Å². The van der Waals surface area contributed by atoms with Gasteiger partial charge in [0.05, 0.1) is 17.4 Å². The molecular formula is C24H23FN2O2S. The number of carboxylic acid groups (broad SMARTS) is 1. The highest BCUT2D eigenvalue weighted by atomic mass is 32.2. The van der Waals surface area contributed by atoms with Crippen LogP contribution in [0.15, 0.2) is 70.7 Å². The minimum absolute atomic E-state index is 0.0630. The second kappa shape index (κ2) is 8.88. The van der Waals surface area contributed by atoms with Crippen molar-refractivity contribution in [2.75, 3.05) is 5.32 Å². The second-order valence-corrected chi connectivity index (χ2v) is 8.73. The summed E-state index contributed by atoms with van der Waals surface area (Å²) in [6, 6.07) is 14.7. The zero-order chi connectivity index (χ0) is 21.1. The van der Waals surface area contributed by atoms with Crippen LogP contribution >= 0.6 is 11.8 Å². The van der Waals surface area contributed by atoms with E-state index < -0.39 is 5.97 Å². The Morgan fingerprint density at radius 3 is 2.87 bits per heavy atom. The lowest BCUT2D eigenvalue weighted by Gasteiger charge is -2.32. The van der Waals surface area contributed by atoms with Crippen molar-refractivity contribution in [3.63, 3.8) is 0 Å². The fourth-order valence-corrected chi connectivity index (χ4v) is 5.05. The molecule has 0 saturated carbocycles. The zero-order valence-electron chi connectivity index (χ0n) is 16.6. The van der Waals surface area contributed by atoms with Crippen molar-refractivity contribution < 1.29 is 14.3 Å². The summed E-state index contributed by atoms with van der Waals surface area (Å²) < 4.78 is 13.5. The molecule has 2 unspecified atom stereocenters. The number of anilines is 1. The maximum atomic E-state index is 13.5. The van der Waals surface area contributed by atoms with Crippen molar-refractivity contribution in [1.29, 1.82) is 0 Å². The van der Waals surface area contributed by atoms with Gasteiger partial charge in [-0.25, -0.2) is 9.18 Å². The Balaban J connectivity index is 1.54. The Kier molecular flexibility index (Phi) is 6.04. The van der Waals surface area contributed by atoms with Crippen LogP contribution in [0.1, 0.15) is 47.2 Å². The van der Waals surface area contributed by atoms with Crippen LogP contribution in [-0.4, -0.2) is 22.1 Å². The first-order chi connectivity index (χ1) is 14.5. The number of nitrogens with zero attached hydrogens (tertiary/aromatic N) is 1. The number of aromatic nitrogens is 1. The van der Waals surface area contributed by atoms with E-state index in [1.165, 1.54) is 29.5 Å². The van der Waals surface area contributed by atoms with E-state index in [0.29, 0.717) is 5.69 Å². The van der Waals surface area contributed by atoms with E-state index in [0.717, 1.165) is 29.1 Å². The Labute approximate surface area is 179 Å². The molecule has 0 bridgehead atoms. The number of fused-ring (bicyclic) bond motifs is 1. The highest BCUT2D eigenvalue weighted by Crippen LogP contribution is 2.38. The highest BCUT2D eigenvalue weighted by molar-refractivity contribution is 7.99.